The number of methoxy groups -OCH3 is 1. The minimum Gasteiger partial charge on any atom is -0.495 e. The summed E-state index contributed by atoms with van der Waals surface area (Å²) in [4.78, 5) is 0.246. The van der Waals surface area contributed by atoms with Crippen molar-refractivity contribution in [3.8, 4) is 5.75 Å². The van der Waals surface area contributed by atoms with Gasteiger partial charge in [-0.15, -0.1) is 0 Å². The third-order valence-electron chi connectivity index (χ3n) is 3.38. The van der Waals surface area contributed by atoms with E-state index in [9.17, 15) is 8.42 Å². The Hall–Kier alpha value is -2.27. The summed E-state index contributed by atoms with van der Waals surface area (Å²) < 4.78 is 32.8. The van der Waals surface area contributed by atoms with E-state index in [-0.39, 0.29) is 11.4 Å². The van der Waals surface area contributed by atoms with Crippen LogP contribution in [0.15, 0.2) is 65.6 Å². The Kier molecular flexibility index (Phi) is 5.11. The lowest BCUT2D eigenvalue weighted by Crippen LogP contribution is -2.32. The molecule has 0 fully saturated rings. The van der Waals surface area contributed by atoms with E-state index < -0.39 is 10.0 Å². The second-order valence-corrected chi connectivity index (χ2v) is 7.32. The molecule has 0 N–H and O–H groups in total. The van der Waals surface area contributed by atoms with Gasteiger partial charge in [-0.05, 0) is 38.1 Å². The summed E-state index contributed by atoms with van der Waals surface area (Å²) in [5.41, 5.74) is 2.25. The van der Waals surface area contributed by atoms with E-state index in [4.69, 9.17) is 4.74 Å². The first-order valence-electron chi connectivity index (χ1n) is 7.23. The van der Waals surface area contributed by atoms with Gasteiger partial charge in [-0.3, -0.25) is 4.31 Å². The lowest BCUT2D eigenvalue weighted by atomic mass is 10.2. The van der Waals surface area contributed by atoms with E-state index in [1.807, 2.05) is 6.92 Å². The molecule has 23 heavy (non-hydrogen) atoms. The van der Waals surface area contributed by atoms with E-state index in [1.165, 1.54) is 11.4 Å². The summed E-state index contributed by atoms with van der Waals surface area (Å²) in [6, 6.07) is 13.9. The summed E-state index contributed by atoms with van der Waals surface area (Å²) in [6.45, 7) is 7.76. The van der Waals surface area contributed by atoms with Gasteiger partial charge in [-0.1, -0.05) is 42.0 Å². The molecule has 0 saturated heterocycles. The third kappa shape index (κ3) is 3.74. The first-order valence-corrected chi connectivity index (χ1v) is 8.67. The van der Waals surface area contributed by atoms with Crippen LogP contribution in [0.2, 0.25) is 0 Å². The van der Waals surface area contributed by atoms with Crippen LogP contribution in [0.4, 0.5) is 5.69 Å². The maximum Gasteiger partial charge on any atom is 0.264 e. The molecule has 0 radical (unpaired) electrons. The normalized spacial score (nSPS) is 11.1. The highest BCUT2D eigenvalue weighted by Crippen LogP contribution is 2.32. The molecular formula is C18H21NO3S. The van der Waals surface area contributed by atoms with Crippen molar-refractivity contribution >= 4 is 15.7 Å². The molecule has 2 rings (SSSR count). The van der Waals surface area contributed by atoms with E-state index in [0.717, 1.165) is 11.1 Å². The first-order chi connectivity index (χ1) is 10.9. The molecule has 5 heteroatoms. The number of aryl methyl sites for hydroxylation is 1. The summed E-state index contributed by atoms with van der Waals surface area (Å²) in [5.74, 6) is 0.504. The van der Waals surface area contributed by atoms with Crippen LogP contribution in [0.3, 0.4) is 0 Å². The summed E-state index contributed by atoms with van der Waals surface area (Å²) >= 11 is 0. The number of benzene rings is 2. The highest BCUT2D eigenvalue weighted by molar-refractivity contribution is 7.92. The number of para-hydroxylation sites is 2. The number of hydrogen-bond donors (Lipinski definition) is 0. The number of sulfonamides is 1. The number of hydrogen-bond acceptors (Lipinski definition) is 3. The van der Waals surface area contributed by atoms with Gasteiger partial charge in [0.1, 0.15) is 5.75 Å². The van der Waals surface area contributed by atoms with Gasteiger partial charge in [0.15, 0.2) is 0 Å². The fraction of sp³-hybridized carbons (Fsp3) is 0.222. The molecule has 0 spiro atoms. The van der Waals surface area contributed by atoms with Crippen molar-refractivity contribution in [2.45, 2.75) is 18.7 Å². The first kappa shape index (κ1) is 17.1. The molecule has 0 aromatic heterocycles. The summed E-state index contributed by atoms with van der Waals surface area (Å²) in [6.07, 6.45) is 0. The Morgan fingerprint density at radius 1 is 1.13 bits per heavy atom. The van der Waals surface area contributed by atoms with Crippen LogP contribution in [0.5, 0.6) is 5.75 Å². The van der Waals surface area contributed by atoms with Crippen LogP contribution in [-0.4, -0.2) is 22.1 Å². The monoisotopic (exact) mass is 331 g/mol. The zero-order chi connectivity index (χ0) is 17.0. The molecule has 0 bridgehead atoms. The van der Waals surface area contributed by atoms with Crippen molar-refractivity contribution in [3.05, 3.63) is 66.2 Å². The molecule has 0 unspecified atom stereocenters. The predicted octanol–water partition coefficient (Wildman–Crippen LogP) is 3.78. The SMILES string of the molecule is C=C(C)CN(c1ccccc1OC)S(=O)(=O)c1ccc(C)cc1. The zero-order valence-electron chi connectivity index (χ0n) is 13.6. The van der Waals surface area contributed by atoms with Crippen LogP contribution in [0.1, 0.15) is 12.5 Å². The lowest BCUT2D eigenvalue weighted by Gasteiger charge is -2.26. The van der Waals surface area contributed by atoms with Crippen molar-refractivity contribution in [1.29, 1.82) is 0 Å². The van der Waals surface area contributed by atoms with Crippen LogP contribution in [-0.2, 0) is 10.0 Å². The van der Waals surface area contributed by atoms with Gasteiger partial charge in [0.05, 0.1) is 24.2 Å². The number of ether oxygens (including phenoxy) is 1. The molecule has 122 valence electrons. The molecule has 0 aliphatic carbocycles. The number of anilines is 1. The van der Waals surface area contributed by atoms with Crippen molar-refractivity contribution in [2.75, 3.05) is 18.0 Å². The Bertz CT molecular complexity index is 795. The van der Waals surface area contributed by atoms with Crippen molar-refractivity contribution in [2.24, 2.45) is 0 Å². The molecule has 2 aromatic carbocycles. The second kappa shape index (κ2) is 6.87. The molecule has 2 aromatic rings. The van der Waals surface area contributed by atoms with Crippen molar-refractivity contribution < 1.29 is 13.2 Å². The average Bonchev–Trinajstić information content (AvgIpc) is 2.52. The van der Waals surface area contributed by atoms with Crippen LogP contribution < -0.4 is 9.04 Å². The quantitative estimate of drug-likeness (QED) is 0.757. The van der Waals surface area contributed by atoms with Gasteiger partial charge in [0.25, 0.3) is 10.0 Å². The molecule has 4 nitrogen and oxygen atoms in total. The summed E-state index contributed by atoms with van der Waals surface area (Å²) in [7, 11) is -2.18. The largest absolute Gasteiger partial charge is 0.495 e. The van der Waals surface area contributed by atoms with Gasteiger partial charge in [0, 0.05) is 0 Å². The Balaban J connectivity index is 2.58. The molecule has 0 atom stereocenters. The Labute approximate surface area is 138 Å². The Morgan fingerprint density at radius 3 is 2.30 bits per heavy atom. The van der Waals surface area contributed by atoms with Gasteiger partial charge in [-0.25, -0.2) is 8.42 Å². The maximum absolute atomic E-state index is 13.1. The number of nitrogens with zero attached hydrogens (tertiary/aromatic N) is 1. The predicted molar refractivity (Wildman–Crippen MR) is 93.5 cm³/mol. The third-order valence-corrected chi connectivity index (χ3v) is 5.15. The fourth-order valence-electron chi connectivity index (χ4n) is 2.22. The van der Waals surface area contributed by atoms with Gasteiger partial charge < -0.3 is 4.74 Å². The molecular weight excluding hydrogens is 310 g/mol. The molecule has 0 aliphatic heterocycles. The summed E-state index contributed by atoms with van der Waals surface area (Å²) in [5, 5.41) is 0. The second-order valence-electron chi connectivity index (χ2n) is 5.45. The van der Waals surface area contributed by atoms with Crippen molar-refractivity contribution in [3.63, 3.8) is 0 Å². The minimum absolute atomic E-state index is 0.191. The standard InChI is InChI=1S/C18H21NO3S/c1-14(2)13-19(17-7-5-6-8-18(17)22-4)23(20,21)16-11-9-15(3)10-12-16/h5-12H,1,13H2,2-4H3. The molecule has 0 saturated carbocycles. The molecule has 0 heterocycles. The smallest absolute Gasteiger partial charge is 0.264 e. The Morgan fingerprint density at radius 2 is 1.74 bits per heavy atom. The fourth-order valence-corrected chi connectivity index (χ4v) is 3.75. The number of rotatable bonds is 6. The molecule has 0 amide bonds. The van der Waals surface area contributed by atoms with E-state index in [1.54, 1.807) is 55.5 Å². The maximum atomic E-state index is 13.1. The topological polar surface area (TPSA) is 46.6 Å². The minimum atomic E-state index is -3.71. The van der Waals surface area contributed by atoms with Gasteiger partial charge in [-0.2, -0.15) is 0 Å². The highest BCUT2D eigenvalue weighted by Gasteiger charge is 2.27. The van der Waals surface area contributed by atoms with E-state index >= 15 is 0 Å². The highest BCUT2D eigenvalue weighted by atomic mass is 32.2. The van der Waals surface area contributed by atoms with Crippen LogP contribution in [0, 0.1) is 6.92 Å². The van der Waals surface area contributed by atoms with E-state index in [0.29, 0.717) is 11.4 Å². The molecule has 0 aliphatic rings. The van der Waals surface area contributed by atoms with Crippen molar-refractivity contribution in [1.82, 2.24) is 0 Å². The van der Waals surface area contributed by atoms with Crippen LogP contribution >= 0.6 is 0 Å². The van der Waals surface area contributed by atoms with E-state index in [2.05, 4.69) is 6.58 Å². The van der Waals surface area contributed by atoms with Gasteiger partial charge in [0.2, 0.25) is 0 Å². The zero-order valence-corrected chi connectivity index (χ0v) is 14.4. The van der Waals surface area contributed by atoms with Crippen LogP contribution in [0.25, 0.3) is 0 Å². The van der Waals surface area contributed by atoms with Gasteiger partial charge >= 0.3 is 0 Å². The average molecular weight is 331 g/mol. The lowest BCUT2D eigenvalue weighted by molar-refractivity contribution is 0.415.